The van der Waals surface area contributed by atoms with E-state index in [9.17, 15) is 9.90 Å². The van der Waals surface area contributed by atoms with E-state index in [0.29, 0.717) is 30.5 Å². The lowest BCUT2D eigenvalue weighted by molar-refractivity contribution is 0.0486. The van der Waals surface area contributed by atoms with E-state index in [1.54, 1.807) is 17.9 Å². The average molecular weight is 308 g/mol. The van der Waals surface area contributed by atoms with E-state index in [1.807, 2.05) is 4.90 Å². The number of hydrogen-bond acceptors (Lipinski definition) is 5. The van der Waals surface area contributed by atoms with Crippen molar-refractivity contribution < 1.29 is 14.6 Å². The SMILES string of the molecule is COc1nn(C)cc1C(=O)N1CCN(CC(O)C2CC2)CC1. The molecule has 1 saturated heterocycles. The number of aliphatic hydroxyl groups excluding tert-OH is 1. The molecule has 1 aromatic rings. The van der Waals surface area contributed by atoms with Crippen LogP contribution in [0.5, 0.6) is 5.88 Å². The van der Waals surface area contributed by atoms with E-state index in [-0.39, 0.29) is 12.0 Å². The van der Waals surface area contributed by atoms with Gasteiger partial charge < -0.3 is 14.7 Å². The molecule has 0 spiro atoms. The summed E-state index contributed by atoms with van der Waals surface area (Å²) in [5, 5.41) is 14.1. The molecule has 22 heavy (non-hydrogen) atoms. The monoisotopic (exact) mass is 308 g/mol. The van der Waals surface area contributed by atoms with Gasteiger partial charge in [0.15, 0.2) is 0 Å². The number of piperazine rings is 1. The fourth-order valence-corrected chi connectivity index (χ4v) is 2.96. The van der Waals surface area contributed by atoms with Crippen molar-refractivity contribution in [1.29, 1.82) is 0 Å². The highest BCUT2D eigenvalue weighted by molar-refractivity contribution is 5.96. The maximum absolute atomic E-state index is 12.6. The molecule has 2 aliphatic rings. The Bertz CT molecular complexity index is 533. The summed E-state index contributed by atoms with van der Waals surface area (Å²) >= 11 is 0. The number of rotatable bonds is 5. The number of nitrogens with zero attached hydrogens (tertiary/aromatic N) is 4. The Morgan fingerprint density at radius 3 is 2.68 bits per heavy atom. The van der Waals surface area contributed by atoms with Crippen molar-refractivity contribution in [2.24, 2.45) is 13.0 Å². The van der Waals surface area contributed by atoms with Gasteiger partial charge in [-0.2, -0.15) is 0 Å². The molecule has 7 nitrogen and oxygen atoms in total. The third-order valence-electron chi connectivity index (χ3n) is 4.49. The first-order valence-electron chi connectivity index (χ1n) is 7.86. The Kier molecular flexibility index (Phi) is 4.35. The molecule has 1 atom stereocenters. The molecule has 3 rings (SSSR count). The molecule has 1 N–H and O–H groups in total. The van der Waals surface area contributed by atoms with Gasteiger partial charge in [-0.25, -0.2) is 0 Å². The maximum atomic E-state index is 12.6. The quantitative estimate of drug-likeness (QED) is 0.826. The zero-order valence-electron chi connectivity index (χ0n) is 13.2. The molecule has 2 heterocycles. The van der Waals surface area contributed by atoms with Crippen LogP contribution in [-0.2, 0) is 7.05 Å². The molecular weight excluding hydrogens is 284 g/mol. The van der Waals surface area contributed by atoms with E-state index >= 15 is 0 Å². The highest BCUT2D eigenvalue weighted by Gasteiger charge is 2.32. The second-order valence-electron chi connectivity index (χ2n) is 6.22. The Balaban J connectivity index is 1.55. The van der Waals surface area contributed by atoms with Crippen molar-refractivity contribution in [3.05, 3.63) is 11.8 Å². The molecule has 0 radical (unpaired) electrons. The summed E-state index contributed by atoms with van der Waals surface area (Å²) < 4.78 is 6.75. The number of aliphatic hydroxyl groups is 1. The molecule has 1 saturated carbocycles. The minimum absolute atomic E-state index is 0.0349. The second-order valence-corrected chi connectivity index (χ2v) is 6.22. The molecule has 1 amide bonds. The van der Waals surface area contributed by atoms with Gasteiger partial charge in [-0.05, 0) is 18.8 Å². The van der Waals surface area contributed by atoms with E-state index in [0.717, 1.165) is 32.5 Å². The number of carbonyl (C=O) groups excluding carboxylic acids is 1. The summed E-state index contributed by atoms with van der Waals surface area (Å²) in [6, 6.07) is 0. The van der Waals surface area contributed by atoms with Crippen LogP contribution in [0, 0.1) is 5.92 Å². The summed E-state index contributed by atoms with van der Waals surface area (Å²) in [6.45, 7) is 3.68. The van der Waals surface area contributed by atoms with Gasteiger partial charge in [0, 0.05) is 46.0 Å². The van der Waals surface area contributed by atoms with Gasteiger partial charge in [0.25, 0.3) is 5.91 Å². The standard InChI is InChI=1S/C15H24N4O3/c1-17-9-12(14(16-17)22-2)15(21)19-7-5-18(6-8-19)10-13(20)11-3-4-11/h9,11,13,20H,3-8,10H2,1-2H3. The molecule has 0 bridgehead atoms. The Hall–Kier alpha value is -1.60. The summed E-state index contributed by atoms with van der Waals surface area (Å²) in [6.07, 6.45) is 3.80. The second kappa shape index (κ2) is 6.26. The van der Waals surface area contributed by atoms with Crippen molar-refractivity contribution in [2.45, 2.75) is 18.9 Å². The van der Waals surface area contributed by atoms with Crippen LogP contribution < -0.4 is 4.74 Å². The van der Waals surface area contributed by atoms with Gasteiger partial charge in [0.1, 0.15) is 5.56 Å². The third-order valence-corrected chi connectivity index (χ3v) is 4.49. The number of methoxy groups -OCH3 is 1. The van der Waals surface area contributed by atoms with Crippen LogP contribution in [0.3, 0.4) is 0 Å². The van der Waals surface area contributed by atoms with Crippen LogP contribution >= 0.6 is 0 Å². The fraction of sp³-hybridized carbons (Fsp3) is 0.733. The van der Waals surface area contributed by atoms with Gasteiger partial charge >= 0.3 is 0 Å². The number of ether oxygens (including phenoxy) is 1. The fourth-order valence-electron chi connectivity index (χ4n) is 2.96. The topological polar surface area (TPSA) is 70.8 Å². The average Bonchev–Trinajstić information content (AvgIpc) is 3.30. The van der Waals surface area contributed by atoms with Crippen molar-refractivity contribution in [3.8, 4) is 5.88 Å². The van der Waals surface area contributed by atoms with E-state index in [1.165, 1.54) is 7.11 Å². The molecule has 1 aromatic heterocycles. The maximum Gasteiger partial charge on any atom is 0.261 e. The van der Waals surface area contributed by atoms with Gasteiger partial charge in [-0.15, -0.1) is 5.10 Å². The van der Waals surface area contributed by atoms with Crippen LogP contribution in [-0.4, -0.2) is 76.5 Å². The molecule has 1 aliphatic carbocycles. The van der Waals surface area contributed by atoms with Gasteiger partial charge in [-0.3, -0.25) is 14.4 Å². The summed E-state index contributed by atoms with van der Waals surface area (Å²) in [5.74, 6) is 0.839. The first-order valence-corrected chi connectivity index (χ1v) is 7.86. The first-order chi connectivity index (χ1) is 10.6. The first kappa shape index (κ1) is 15.3. The van der Waals surface area contributed by atoms with Gasteiger partial charge in [-0.1, -0.05) is 0 Å². The minimum Gasteiger partial charge on any atom is -0.479 e. The van der Waals surface area contributed by atoms with Crippen molar-refractivity contribution in [2.75, 3.05) is 39.8 Å². The molecule has 2 fully saturated rings. The number of aromatic nitrogens is 2. The highest BCUT2D eigenvalue weighted by atomic mass is 16.5. The summed E-state index contributed by atoms with van der Waals surface area (Å²) in [7, 11) is 3.30. The van der Waals surface area contributed by atoms with Crippen molar-refractivity contribution >= 4 is 5.91 Å². The van der Waals surface area contributed by atoms with Crippen LogP contribution in [0.2, 0.25) is 0 Å². The van der Waals surface area contributed by atoms with Gasteiger partial charge in [0.05, 0.1) is 13.2 Å². The summed E-state index contributed by atoms with van der Waals surface area (Å²) in [5.41, 5.74) is 0.511. The number of β-amino-alcohol motifs (C(OH)–C–C–N with tert-alkyl or cyclic N) is 1. The Labute approximate surface area is 130 Å². The van der Waals surface area contributed by atoms with E-state index < -0.39 is 0 Å². The zero-order chi connectivity index (χ0) is 15.7. The summed E-state index contributed by atoms with van der Waals surface area (Å²) in [4.78, 5) is 16.6. The predicted molar refractivity (Wildman–Crippen MR) is 80.8 cm³/mol. The van der Waals surface area contributed by atoms with E-state index in [2.05, 4.69) is 10.00 Å². The van der Waals surface area contributed by atoms with Crippen LogP contribution in [0.4, 0.5) is 0 Å². The molecule has 7 heteroatoms. The molecule has 1 unspecified atom stereocenters. The normalized spacial score (nSPS) is 21.0. The predicted octanol–water partition coefficient (Wildman–Crippen LogP) is -0.0426. The Morgan fingerprint density at radius 1 is 1.41 bits per heavy atom. The highest BCUT2D eigenvalue weighted by Crippen LogP contribution is 2.33. The number of carbonyl (C=O) groups is 1. The van der Waals surface area contributed by atoms with E-state index in [4.69, 9.17) is 4.74 Å². The molecule has 0 aromatic carbocycles. The van der Waals surface area contributed by atoms with Crippen molar-refractivity contribution in [1.82, 2.24) is 19.6 Å². The minimum atomic E-state index is -0.208. The number of aryl methyl sites for hydroxylation is 1. The smallest absolute Gasteiger partial charge is 0.261 e. The molecular formula is C15H24N4O3. The molecule has 122 valence electrons. The van der Waals surface area contributed by atoms with Crippen LogP contribution in [0.25, 0.3) is 0 Å². The molecule has 1 aliphatic heterocycles. The lowest BCUT2D eigenvalue weighted by atomic mass is 10.2. The van der Waals surface area contributed by atoms with Crippen LogP contribution in [0.1, 0.15) is 23.2 Å². The van der Waals surface area contributed by atoms with Crippen LogP contribution in [0.15, 0.2) is 6.20 Å². The third kappa shape index (κ3) is 3.25. The zero-order valence-corrected chi connectivity index (χ0v) is 13.2. The largest absolute Gasteiger partial charge is 0.479 e. The lowest BCUT2D eigenvalue weighted by Gasteiger charge is -2.35. The Morgan fingerprint density at radius 2 is 2.09 bits per heavy atom. The number of hydrogen-bond donors (Lipinski definition) is 1. The lowest BCUT2D eigenvalue weighted by Crippen LogP contribution is -2.50. The van der Waals surface area contributed by atoms with Crippen molar-refractivity contribution in [3.63, 3.8) is 0 Å². The number of amides is 1. The van der Waals surface area contributed by atoms with Gasteiger partial charge in [0.2, 0.25) is 5.88 Å².